The number of nitrogens with one attached hydrogen (secondary N) is 2. The lowest BCUT2D eigenvalue weighted by atomic mass is 10.1. The lowest BCUT2D eigenvalue weighted by Gasteiger charge is -2.09. The Morgan fingerprint density at radius 2 is 1.83 bits per heavy atom. The fourth-order valence-electron chi connectivity index (χ4n) is 2.19. The molecule has 0 saturated heterocycles. The van der Waals surface area contributed by atoms with E-state index in [4.69, 9.17) is 11.6 Å². The van der Waals surface area contributed by atoms with Crippen LogP contribution in [0.1, 0.15) is 16.7 Å². The highest BCUT2D eigenvalue weighted by Crippen LogP contribution is 2.21. The molecule has 0 radical (unpaired) electrons. The van der Waals surface area contributed by atoms with Gasteiger partial charge in [0.25, 0.3) is 5.91 Å². The van der Waals surface area contributed by atoms with Crippen LogP contribution in [0.5, 0.6) is 0 Å². The number of rotatable bonds is 4. The van der Waals surface area contributed by atoms with Gasteiger partial charge in [0.2, 0.25) is 0 Å². The van der Waals surface area contributed by atoms with Gasteiger partial charge in [0.15, 0.2) is 0 Å². The first-order valence-electron chi connectivity index (χ1n) is 7.42. The van der Waals surface area contributed by atoms with E-state index >= 15 is 0 Å². The number of amides is 1. The second-order valence-electron chi connectivity index (χ2n) is 5.55. The number of carbonyl (C=O) groups is 1. The smallest absolute Gasteiger partial charge is 0.267 e. The number of carbonyl (C=O) groups excluding carboxylic acids is 1. The Labute approximate surface area is 146 Å². The summed E-state index contributed by atoms with van der Waals surface area (Å²) in [7, 11) is 0. The Balaban J connectivity index is 2.16. The van der Waals surface area contributed by atoms with Gasteiger partial charge in [0.05, 0.1) is 0 Å². The predicted octanol–water partition coefficient (Wildman–Crippen LogP) is 4.72. The minimum absolute atomic E-state index is 0.0191. The van der Waals surface area contributed by atoms with Crippen LogP contribution in [0.25, 0.3) is 0 Å². The van der Waals surface area contributed by atoms with Crippen LogP contribution in [0, 0.1) is 32.1 Å². The molecule has 0 aromatic heterocycles. The molecular formula is C19H18ClN3O. The Morgan fingerprint density at radius 1 is 1.08 bits per heavy atom. The monoisotopic (exact) mass is 339 g/mol. The topological polar surface area (TPSA) is 64.9 Å². The van der Waals surface area contributed by atoms with Gasteiger partial charge in [-0.25, -0.2) is 0 Å². The first kappa shape index (κ1) is 17.6. The minimum atomic E-state index is -0.461. The van der Waals surface area contributed by atoms with E-state index in [1.54, 1.807) is 12.1 Å². The normalized spacial score (nSPS) is 10.9. The molecule has 5 heteroatoms. The zero-order valence-corrected chi connectivity index (χ0v) is 14.5. The molecule has 2 aromatic rings. The SMILES string of the molecule is Cc1ccc(NC(=O)/C(C#N)=C\Nc2cc(Cl)ccc2C)c(C)c1. The van der Waals surface area contributed by atoms with Crippen molar-refractivity contribution in [3.05, 3.63) is 69.9 Å². The van der Waals surface area contributed by atoms with Gasteiger partial charge in [-0.05, 0) is 50.1 Å². The average Bonchev–Trinajstić information content (AvgIpc) is 2.54. The molecule has 1 amide bonds. The maximum atomic E-state index is 12.3. The summed E-state index contributed by atoms with van der Waals surface area (Å²) in [5.74, 6) is -0.461. The van der Waals surface area contributed by atoms with Gasteiger partial charge in [-0.15, -0.1) is 0 Å². The molecule has 2 N–H and O–H groups in total. The van der Waals surface area contributed by atoms with Crippen molar-refractivity contribution >= 4 is 28.9 Å². The summed E-state index contributed by atoms with van der Waals surface area (Å²) in [6, 6.07) is 13.0. The maximum absolute atomic E-state index is 12.3. The highest BCUT2D eigenvalue weighted by Gasteiger charge is 2.11. The number of aryl methyl sites for hydroxylation is 3. The zero-order valence-electron chi connectivity index (χ0n) is 13.8. The molecule has 0 saturated carbocycles. The van der Waals surface area contributed by atoms with Crippen molar-refractivity contribution in [1.29, 1.82) is 5.26 Å². The van der Waals surface area contributed by atoms with E-state index in [2.05, 4.69) is 10.6 Å². The van der Waals surface area contributed by atoms with Crippen LogP contribution in [0.3, 0.4) is 0 Å². The number of anilines is 2. The number of nitrogens with zero attached hydrogens (tertiary/aromatic N) is 1. The highest BCUT2D eigenvalue weighted by atomic mass is 35.5. The van der Waals surface area contributed by atoms with Crippen molar-refractivity contribution in [2.45, 2.75) is 20.8 Å². The second kappa shape index (κ2) is 7.67. The van der Waals surface area contributed by atoms with Crippen molar-refractivity contribution in [3.8, 4) is 6.07 Å². The van der Waals surface area contributed by atoms with Crippen molar-refractivity contribution in [1.82, 2.24) is 0 Å². The van der Waals surface area contributed by atoms with Crippen LogP contribution in [-0.2, 0) is 4.79 Å². The number of nitriles is 1. The van der Waals surface area contributed by atoms with E-state index < -0.39 is 5.91 Å². The number of benzene rings is 2. The van der Waals surface area contributed by atoms with Gasteiger partial charge < -0.3 is 10.6 Å². The number of halogens is 1. The Bertz CT molecular complexity index is 850. The molecule has 0 heterocycles. The molecule has 0 aliphatic rings. The molecule has 0 aliphatic carbocycles. The quantitative estimate of drug-likeness (QED) is 0.625. The average molecular weight is 340 g/mol. The summed E-state index contributed by atoms with van der Waals surface area (Å²) >= 11 is 5.96. The number of hydrogen-bond donors (Lipinski definition) is 2. The summed E-state index contributed by atoms with van der Waals surface area (Å²) in [5.41, 5.74) is 4.43. The minimum Gasteiger partial charge on any atom is -0.360 e. The van der Waals surface area contributed by atoms with Crippen LogP contribution >= 0.6 is 11.6 Å². The summed E-state index contributed by atoms with van der Waals surface area (Å²) in [4.78, 5) is 12.3. The molecular weight excluding hydrogens is 322 g/mol. The molecule has 4 nitrogen and oxygen atoms in total. The van der Waals surface area contributed by atoms with Crippen LogP contribution in [0.15, 0.2) is 48.2 Å². The Kier molecular flexibility index (Phi) is 5.62. The summed E-state index contributed by atoms with van der Waals surface area (Å²) in [6.07, 6.45) is 1.39. The summed E-state index contributed by atoms with van der Waals surface area (Å²) in [5, 5.41) is 15.5. The van der Waals surface area contributed by atoms with E-state index in [0.717, 1.165) is 22.4 Å². The van der Waals surface area contributed by atoms with Gasteiger partial charge in [-0.2, -0.15) is 5.26 Å². The van der Waals surface area contributed by atoms with Crippen molar-refractivity contribution in [2.75, 3.05) is 10.6 Å². The fourth-order valence-corrected chi connectivity index (χ4v) is 2.36. The molecule has 0 aliphatic heterocycles. The van der Waals surface area contributed by atoms with E-state index in [1.165, 1.54) is 6.20 Å². The molecule has 2 rings (SSSR count). The highest BCUT2D eigenvalue weighted by molar-refractivity contribution is 6.30. The fraction of sp³-hybridized carbons (Fsp3) is 0.158. The van der Waals surface area contributed by atoms with Crippen LogP contribution in [-0.4, -0.2) is 5.91 Å². The van der Waals surface area contributed by atoms with Crippen LogP contribution in [0.2, 0.25) is 5.02 Å². The molecule has 0 fully saturated rings. The van der Waals surface area contributed by atoms with Gasteiger partial charge in [-0.1, -0.05) is 35.4 Å². The number of hydrogen-bond acceptors (Lipinski definition) is 3. The third kappa shape index (κ3) is 4.37. The molecule has 0 unspecified atom stereocenters. The zero-order chi connectivity index (χ0) is 17.7. The standard InChI is InChI=1S/C19H18ClN3O/c1-12-4-7-17(14(3)8-12)23-19(24)15(10-21)11-22-18-9-16(20)6-5-13(18)2/h4-9,11,22H,1-3H3,(H,23,24)/b15-11-. The molecule has 122 valence electrons. The predicted molar refractivity (Wildman–Crippen MR) is 98.1 cm³/mol. The largest absolute Gasteiger partial charge is 0.360 e. The molecule has 0 bridgehead atoms. The van der Waals surface area contributed by atoms with E-state index in [9.17, 15) is 10.1 Å². The van der Waals surface area contributed by atoms with E-state index in [0.29, 0.717) is 10.7 Å². The van der Waals surface area contributed by atoms with Gasteiger partial charge in [0, 0.05) is 22.6 Å². The van der Waals surface area contributed by atoms with Gasteiger partial charge >= 0.3 is 0 Å². The molecule has 24 heavy (non-hydrogen) atoms. The second-order valence-corrected chi connectivity index (χ2v) is 5.98. The third-order valence-corrected chi connectivity index (χ3v) is 3.80. The van der Waals surface area contributed by atoms with Crippen molar-refractivity contribution in [2.24, 2.45) is 0 Å². The maximum Gasteiger partial charge on any atom is 0.267 e. The molecule has 0 spiro atoms. The summed E-state index contributed by atoms with van der Waals surface area (Å²) < 4.78 is 0. The van der Waals surface area contributed by atoms with Gasteiger partial charge in [0.1, 0.15) is 11.6 Å². The lowest BCUT2D eigenvalue weighted by molar-refractivity contribution is -0.112. The lowest BCUT2D eigenvalue weighted by Crippen LogP contribution is -2.15. The Morgan fingerprint density at radius 3 is 2.50 bits per heavy atom. The van der Waals surface area contributed by atoms with Crippen molar-refractivity contribution in [3.63, 3.8) is 0 Å². The van der Waals surface area contributed by atoms with Gasteiger partial charge in [-0.3, -0.25) is 4.79 Å². The third-order valence-electron chi connectivity index (χ3n) is 3.57. The molecule has 0 atom stereocenters. The van der Waals surface area contributed by atoms with E-state index in [-0.39, 0.29) is 5.57 Å². The van der Waals surface area contributed by atoms with E-state index in [1.807, 2.05) is 51.1 Å². The summed E-state index contributed by atoms with van der Waals surface area (Å²) in [6.45, 7) is 5.80. The van der Waals surface area contributed by atoms with Crippen molar-refractivity contribution < 1.29 is 4.79 Å². The first-order chi connectivity index (χ1) is 11.4. The van der Waals surface area contributed by atoms with Crippen LogP contribution < -0.4 is 10.6 Å². The Hall–Kier alpha value is -2.77. The molecule has 2 aromatic carbocycles. The van der Waals surface area contributed by atoms with Crippen LogP contribution in [0.4, 0.5) is 11.4 Å². The first-order valence-corrected chi connectivity index (χ1v) is 7.80.